The van der Waals surface area contributed by atoms with E-state index in [1.54, 1.807) is 0 Å². The average molecular weight is 370 g/mol. The summed E-state index contributed by atoms with van der Waals surface area (Å²) < 4.78 is 2.97. The SMILES string of the molecule is ClCCc1nc2ccccc2n1-c1cccc(Cl)c1Br. The topological polar surface area (TPSA) is 17.8 Å². The van der Waals surface area contributed by atoms with Crippen LogP contribution in [0.3, 0.4) is 0 Å². The molecule has 2 nitrogen and oxygen atoms in total. The Bertz CT molecular complexity index is 768. The van der Waals surface area contributed by atoms with Crippen molar-refractivity contribution >= 4 is 50.2 Å². The van der Waals surface area contributed by atoms with Gasteiger partial charge < -0.3 is 0 Å². The summed E-state index contributed by atoms with van der Waals surface area (Å²) in [6.07, 6.45) is 0.704. The highest BCUT2D eigenvalue weighted by atomic mass is 79.9. The lowest BCUT2D eigenvalue weighted by atomic mass is 10.2. The molecular formula is C15H11BrCl2N2. The Morgan fingerprint density at radius 1 is 1.10 bits per heavy atom. The quantitative estimate of drug-likeness (QED) is 0.578. The van der Waals surface area contributed by atoms with E-state index in [0.29, 0.717) is 17.3 Å². The first kappa shape index (κ1) is 13.9. The molecule has 0 fully saturated rings. The van der Waals surface area contributed by atoms with Gasteiger partial charge in [-0.3, -0.25) is 4.57 Å². The van der Waals surface area contributed by atoms with E-state index in [-0.39, 0.29) is 0 Å². The fraction of sp³-hybridized carbons (Fsp3) is 0.133. The third-order valence-electron chi connectivity index (χ3n) is 3.12. The minimum atomic E-state index is 0.529. The highest BCUT2D eigenvalue weighted by Crippen LogP contribution is 2.32. The average Bonchev–Trinajstić information content (AvgIpc) is 2.80. The fourth-order valence-corrected chi connectivity index (χ4v) is 3.04. The van der Waals surface area contributed by atoms with Crippen molar-refractivity contribution in [1.82, 2.24) is 9.55 Å². The van der Waals surface area contributed by atoms with Crippen molar-refractivity contribution in [3.05, 3.63) is 57.8 Å². The van der Waals surface area contributed by atoms with E-state index in [9.17, 15) is 0 Å². The molecular weight excluding hydrogens is 359 g/mol. The monoisotopic (exact) mass is 368 g/mol. The van der Waals surface area contributed by atoms with E-state index in [1.165, 1.54) is 0 Å². The number of rotatable bonds is 3. The maximum atomic E-state index is 6.20. The molecule has 0 spiro atoms. The number of aryl methyl sites for hydroxylation is 1. The Hall–Kier alpha value is -1.03. The minimum Gasteiger partial charge on any atom is -0.295 e. The summed E-state index contributed by atoms with van der Waals surface area (Å²) in [5.74, 6) is 1.46. The van der Waals surface area contributed by atoms with Gasteiger partial charge in [0.25, 0.3) is 0 Å². The zero-order chi connectivity index (χ0) is 14.1. The second kappa shape index (κ2) is 5.76. The van der Waals surface area contributed by atoms with Crippen molar-refractivity contribution in [1.29, 1.82) is 0 Å². The van der Waals surface area contributed by atoms with Crippen molar-refractivity contribution in [3.8, 4) is 5.69 Å². The van der Waals surface area contributed by atoms with Crippen molar-refractivity contribution in [2.75, 3.05) is 5.88 Å². The molecule has 3 rings (SSSR count). The van der Waals surface area contributed by atoms with Gasteiger partial charge >= 0.3 is 0 Å². The van der Waals surface area contributed by atoms with E-state index in [4.69, 9.17) is 23.2 Å². The van der Waals surface area contributed by atoms with Crippen LogP contribution in [-0.2, 0) is 6.42 Å². The third kappa shape index (κ3) is 2.34. The highest BCUT2D eigenvalue weighted by molar-refractivity contribution is 9.10. The number of hydrogen-bond donors (Lipinski definition) is 0. The van der Waals surface area contributed by atoms with Gasteiger partial charge in [-0.2, -0.15) is 0 Å². The molecule has 0 aliphatic rings. The van der Waals surface area contributed by atoms with Crippen LogP contribution in [-0.4, -0.2) is 15.4 Å². The lowest BCUT2D eigenvalue weighted by Gasteiger charge is -2.11. The molecule has 102 valence electrons. The summed E-state index contributed by atoms with van der Waals surface area (Å²) in [4.78, 5) is 4.66. The molecule has 0 amide bonds. The van der Waals surface area contributed by atoms with Crippen LogP contribution in [0.4, 0.5) is 0 Å². The van der Waals surface area contributed by atoms with Crippen LogP contribution in [0, 0.1) is 0 Å². The number of aromatic nitrogens is 2. The number of halogens is 3. The van der Waals surface area contributed by atoms with Gasteiger partial charge in [0, 0.05) is 12.3 Å². The third-order valence-corrected chi connectivity index (χ3v) is 4.69. The number of para-hydroxylation sites is 2. The molecule has 0 bridgehead atoms. The van der Waals surface area contributed by atoms with Gasteiger partial charge in [0.1, 0.15) is 5.82 Å². The first-order chi connectivity index (χ1) is 9.72. The number of fused-ring (bicyclic) bond motifs is 1. The lowest BCUT2D eigenvalue weighted by molar-refractivity contribution is 0.909. The second-order valence-corrected chi connectivity index (χ2v) is 5.94. The van der Waals surface area contributed by atoms with Crippen LogP contribution in [0.5, 0.6) is 0 Å². The molecule has 0 saturated carbocycles. The smallest absolute Gasteiger partial charge is 0.115 e. The predicted octanol–water partition coefficient (Wildman–Crippen LogP) is 5.22. The molecule has 0 atom stereocenters. The van der Waals surface area contributed by atoms with E-state index >= 15 is 0 Å². The van der Waals surface area contributed by atoms with Gasteiger partial charge in [0.05, 0.1) is 26.2 Å². The van der Waals surface area contributed by atoms with Gasteiger partial charge in [0.2, 0.25) is 0 Å². The van der Waals surface area contributed by atoms with Gasteiger partial charge in [0.15, 0.2) is 0 Å². The van der Waals surface area contributed by atoms with Crippen LogP contribution in [0.15, 0.2) is 46.9 Å². The van der Waals surface area contributed by atoms with E-state index in [2.05, 4.69) is 25.5 Å². The molecule has 20 heavy (non-hydrogen) atoms. The number of alkyl halides is 1. The molecule has 1 aromatic heterocycles. The van der Waals surface area contributed by atoms with E-state index in [0.717, 1.165) is 27.0 Å². The van der Waals surface area contributed by atoms with Crippen molar-refractivity contribution in [2.45, 2.75) is 6.42 Å². The van der Waals surface area contributed by atoms with Gasteiger partial charge in [-0.25, -0.2) is 4.98 Å². The van der Waals surface area contributed by atoms with Crippen LogP contribution >= 0.6 is 39.1 Å². The molecule has 0 unspecified atom stereocenters. The second-order valence-electron chi connectivity index (χ2n) is 4.36. The van der Waals surface area contributed by atoms with Gasteiger partial charge in [-0.15, -0.1) is 11.6 Å². The van der Waals surface area contributed by atoms with Crippen molar-refractivity contribution in [3.63, 3.8) is 0 Å². The Labute approximate surface area is 135 Å². The molecule has 2 aromatic carbocycles. The fourth-order valence-electron chi connectivity index (χ4n) is 2.26. The largest absolute Gasteiger partial charge is 0.295 e. The Kier molecular flexibility index (Phi) is 4.01. The Morgan fingerprint density at radius 2 is 1.90 bits per heavy atom. The molecule has 5 heteroatoms. The molecule has 0 aliphatic carbocycles. The summed E-state index contributed by atoms with van der Waals surface area (Å²) in [6, 6.07) is 13.8. The Balaban J connectivity index is 2.33. The normalized spacial score (nSPS) is 11.2. The summed E-state index contributed by atoms with van der Waals surface area (Å²) in [7, 11) is 0. The molecule has 3 aromatic rings. The maximum Gasteiger partial charge on any atom is 0.115 e. The molecule has 0 N–H and O–H groups in total. The molecule has 1 heterocycles. The number of imidazole rings is 1. The first-order valence-corrected chi connectivity index (χ1v) is 7.89. The van der Waals surface area contributed by atoms with Crippen LogP contribution in [0.2, 0.25) is 5.02 Å². The van der Waals surface area contributed by atoms with Crippen LogP contribution in [0.1, 0.15) is 5.82 Å². The summed E-state index contributed by atoms with van der Waals surface area (Å²) in [6.45, 7) is 0. The van der Waals surface area contributed by atoms with Crippen LogP contribution < -0.4 is 0 Å². The van der Waals surface area contributed by atoms with Crippen molar-refractivity contribution in [2.24, 2.45) is 0 Å². The summed E-state index contributed by atoms with van der Waals surface area (Å²) in [5, 5.41) is 0.678. The predicted molar refractivity (Wildman–Crippen MR) is 88.2 cm³/mol. The van der Waals surface area contributed by atoms with E-state index in [1.807, 2.05) is 42.5 Å². The van der Waals surface area contributed by atoms with Crippen LogP contribution in [0.25, 0.3) is 16.7 Å². The maximum absolute atomic E-state index is 6.20. The van der Waals surface area contributed by atoms with E-state index < -0.39 is 0 Å². The highest BCUT2D eigenvalue weighted by Gasteiger charge is 2.14. The summed E-state index contributed by atoms with van der Waals surface area (Å²) in [5.41, 5.74) is 2.99. The first-order valence-electron chi connectivity index (χ1n) is 6.19. The standard InChI is InChI=1S/C15H11BrCl2N2/c16-15-10(18)4-3-7-13(15)20-12-6-2-1-5-11(12)19-14(20)8-9-17/h1-7H,8-9H2. The Morgan fingerprint density at radius 3 is 2.70 bits per heavy atom. The molecule has 0 radical (unpaired) electrons. The molecule has 0 aliphatic heterocycles. The lowest BCUT2D eigenvalue weighted by Crippen LogP contribution is -2.03. The van der Waals surface area contributed by atoms with Gasteiger partial charge in [-0.1, -0.05) is 29.8 Å². The summed E-state index contributed by atoms with van der Waals surface area (Å²) >= 11 is 15.7. The zero-order valence-electron chi connectivity index (χ0n) is 10.5. The molecule has 0 saturated heterocycles. The zero-order valence-corrected chi connectivity index (χ0v) is 13.6. The number of nitrogens with zero attached hydrogens (tertiary/aromatic N) is 2. The van der Waals surface area contributed by atoms with Gasteiger partial charge in [-0.05, 0) is 40.2 Å². The minimum absolute atomic E-state index is 0.529. The number of benzene rings is 2. The number of hydrogen-bond acceptors (Lipinski definition) is 1. The van der Waals surface area contributed by atoms with Crippen molar-refractivity contribution < 1.29 is 0 Å².